The summed E-state index contributed by atoms with van der Waals surface area (Å²) in [5, 5.41) is 0. The molecule has 0 saturated heterocycles. The summed E-state index contributed by atoms with van der Waals surface area (Å²) in [6.07, 6.45) is 6.85. The van der Waals surface area contributed by atoms with E-state index in [0.717, 1.165) is 12.0 Å². The Morgan fingerprint density at radius 2 is 2.29 bits per heavy atom. The van der Waals surface area contributed by atoms with Gasteiger partial charge in [-0.15, -0.1) is 0 Å². The molecule has 3 heteroatoms. The van der Waals surface area contributed by atoms with E-state index in [1.165, 1.54) is 0 Å². The maximum absolute atomic E-state index is 5.72. The average Bonchev–Trinajstić information content (AvgIpc) is 2.19. The van der Waals surface area contributed by atoms with Crippen LogP contribution in [0.4, 0.5) is 5.82 Å². The van der Waals surface area contributed by atoms with Crippen molar-refractivity contribution >= 4 is 5.82 Å². The first kappa shape index (κ1) is 9.21. The molecule has 1 aromatic heterocycles. The minimum Gasteiger partial charge on any atom is -0.384 e. The van der Waals surface area contributed by atoms with Gasteiger partial charge in [-0.25, -0.2) is 4.98 Å². The summed E-state index contributed by atoms with van der Waals surface area (Å²) in [5.74, 6) is 0.545. The van der Waals surface area contributed by atoms with Gasteiger partial charge < -0.3 is 10.5 Å². The third-order valence-corrected chi connectivity index (χ3v) is 2.57. The van der Waals surface area contributed by atoms with E-state index < -0.39 is 0 Å². The minimum atomic E-state index is -0.241. The maximum Gasteiger partial charge on any atom is 0.123 e. The number of hydrogen-bond acceptors (Lipinski definition) is 3. The molecule has 0 saturated carbocycles. The molecule has 2 heterocycles. The van der Waals surface area contributed by atoms with Crippen LogP contribution in [0.15, 0.2) is 30.5 Å². The summed E-state index contributed by atoms with van der Waals surface area (Å²) in [6.45, 7) is 2.74. The molecule has 2 N–H and O–H groups in total. The van der Waals surface area contributed by atoms with Gasteiger partial charge in [-0.3, -0.25) is 0 Å². The Morgan fingerprint density at radius 3 is 2.86 bits per heavy atom. The smallest absolute Gasteiger partial charge is 0.123 e. The number of nitrogens with zero attached hydrogens (tertiary/aromatic N) is 1. The average molecular weight is 190 g/mol. The fourth-order valence-electron chi connectivity index (χ4n) is 1.59. The van der Waals surface area contributed by atoms with Crippen molar-refractivity contribution in [2.45, 2.75) is 18.9 Å². The normalized spacial score (nSPS) is 26.4. The van der Waals surface area contributed by atoms with Crippen LogP contribution in [0.3, 0.4) is 0 Å². The van der Waals surface area contributed by atoms with E-state index in [4.69, 9.17) is 10.5 Å². The molecule has 1 unspecified atom stereocenters. The van der Waals surface area contributed by atoms with Gasteiger partial charge in [0, 0.05) is 11.8 Å². The van der Waals surface area contributed by atoms with Crippen LogP contribution in [-0.4, -0.2) is 11.6 Å². The van der Waals surface area contributed by atoms with Crippen LogP contribution in [0.1, 0.15) is 18.9 Å². The number of ether oxygens (including phenoxy) is 1. The summed E-state index contributed by atoms with van der Waals surface area (Å²) in [4.78, 5) is 4.07. The molecule has 1 aliphatic heterocycles. The van der Waals surface area contributed by atoms with Crippen molar-refractivity contribution in [2.24, 2.45) is 0 Å². The Hall–Kier alpha value is -1.35. The molecule has 0 fully saturated rings. The van der Waals surface area contributed by atoms with Crippen molar-refractivity contribution in [3.05, 3.63) is 36.0 Å². The van der Waals surface area contributed by atoms with Crippen LogP contribution in [-0.2, 0) is 10.3 Å². The van der Waals surface area contributed by atoms with E-state index in [-0.39, 0.29) is 5.60 Å². The van der Waals surface area contributed by atoms with Gasteiger partial charge in [0.05, 0.1) is 12.2 Å². The Labute approximate surface area is 83.6 Å². The van der Waals surface area contributed by atoms with Gasteiger partial charge in [0.15, 0.2) is 0 Å². The predicted octanol–water partition coefficient (Wildman–Crippen LogP) is 1.86. The summed E-state index contributed by atoms with van der Waals surface area (Å²) < 4.78 is 5.72. The van der Waals surface area contributed by atoms with Crippen molar-refractivity contribution in [1.82, 2.24) is 4.98 Å². The van der Waals surface area contributed by atoms with E-state index >= 15 is 0 Å². The van der Waals surface area contributed by atoms with Gasteiger partial charge in [0.25, 0.3) is 0 Å². The van der Waals surface area contributed by atoms with E-state index in [9.17, 15) is 0 Å². The van der Waals surface area contributed by atoms with Crippen molar-refractivity contribution in [3.63, 3.8) is 0 Å². The van der Waals surface area contributed by atoms with E-state index in [2.05, 4.69) is 18.0 Å². The Morgan fingerprint density at radius 1 is 1.43 bits per heavy atom. The zero-order valence-corrected chi connectivity index (χ0v) is 8.23. The molecule has 3 nitrogen and oxygen atoms in total. The van der Waals surface area contributed by atoms with Crippen molar-refractivity contribution < 1.29 is 4.74 Å². The third-order valence-electron chi connectivity index (χ3n) is 2.57. The fourth-order valence-corrected chi connectivity index (χ4v) is 1.59. The topological polar surface area (TPSA) is 48.1 Å². The lowest BCUT2D eigenvalue weighted by atomic mass is 9.92. The van der Waals surface area contributed by atoms with Crippen LogP contribution in [0.2, 0.25) is 0 Å². The molecule has 0 aliphatic carbocycles. The first-order valence-corrected chi connectivity index (χ1v) is 4.72. The number of pyridine rings is 1. The molecule has 0 spiro atoms. The Balaban J connectivity index is 2.29. The largest absolute Gasteiger partial charge is 0.384 e. The van der Waals surface area contributed by atoms with Crippen LogP contribution in [0.25, 0.3) is 0 Å². The molecule has 14 heavy (non-hydrogen) atoms. The number of hydrogen-bond donors (Lipinski definition) is 1. The first-order valence-electron chi connectivity index (χ1n) is 4.72. The quantitative estimate of drug-likeness (QED) is 0.687. The van der Waals surface area contributed by atoms with Gasteiger partial charge in [0.1, 0.15) is 5.82 Å². The second kappa shape index (κ2) is 3.42. The van der Waals surface area contributed by atoms with Crippen LogP contribution in [0.5, 0.6) is 0 Å². The monoisotopic (exact) mass is 190 g/mol. The molecule has 1 aliphatic rings. The minimum absolute atomic E-state index is 0.241. The number of anilines is 1. The van der Waals surface area contributed by atoms with Crippen molar-refractivity contribution in [1.29, 1.82) is 0 Å². The molecule has 0 amide bonds. The molecule has 0 bridgehead atoms. The first-order chi connectivity index (χ1) is 6.71. The van der Waals surface area contributed by atoms with Gasteiger partial charge in [-0.1, -0.05) is 18.2 Å². The van der Waals surface area contributed by atoms with Gasteiger partial charge in [-0.2, -0.15) is 0 Å². The summed E-state index contributed by atoms with van der Waals surface area (Å²) in [5.41, 5.74) is 6.37. The van der Waals surface area contributed by atoms with Gasteiger partial charge >= 0.3 is 0 Å². The molecule has 1 atom stereocenters. The predicted molar refractivity (Wildman–Crippen MR) is 55.7 cm³/mol. The molecular formula is C11H14N2O. The van der Waals surface area contributed by atoms with Crippen molar-refractivity contribution in [3.8, 4) is 0 Å². The number of rotatable bonds is 1. The van der Waals surface area contributed by atoms with Crippen LogP contribution < -0.4 is 5.73 Å². The molecule has 1 aromatic rings. The molecule has 2 rings (SSSR count). The molecule has 74 valence electrons. The van der Waals surface area contributed by atoms with E-state index in [1.54, 1.807) is 6.20 Å². The van der Waals surface area contributed by atoms with Crippen LogP contribution in [0, 0.1) is 0 Å². The second-order valence-electron chi connectivity index (χ2n) is 3.69. The highest BCUT2D eigenvalue weighted by Crippen LogP contribution is 2.31. The highest BCUT2D eigenvalue weighted by Gasteiger charge is 2.27. The van der Waals surface area contributed by atoms with E-state index in [0.29, 0.717) is 12.4 Å². The molecular weight excluding hydrogens is 176 g/mol. The second-order valence-corrected chi connectivity index (χ2v) is 3.69. The highest BCUT2D eigenvalue weighted by molar-refractivity contribution is 5.32. The third kappa shape index (κ3) is 1.63. The standard InChI is InChI=1S/C11H14N2O/c1-11(6-2-3-7-14-11)9-4-5-10(12)13-8-9/h2-5,8H,6-7H2,1H3,(H2,12,13). The zero-order chi connectivity index (χ0) is 10.0. The summed E-state index contributed by atoms with van der Waals surface area (Å²) >= 11 is 0. The lowest BCUT2D eigenvalue weighted by Crippen LogP contribution is -2.28. The summed E-state index contributed by atoms with van der Waals surface area (Å²) in [6, 6.07) is 3.78. The van der Waals surface area contributed by atoms with Gasteiger partial charge in [-0.05, 0) is 19.4 Å². The fraction of sp³-hybridized carbons (Fsp3) is 0.364. The van der Waals surface area contributed by atoms with Crippen LogP contribution >= 0.6 is 0 Å². The maximum atomic E-state index is 5.72. The van der Waals surface area contributed by atoms with E-state index in [1.807, 2.05) is 18.2 Å². The lowest BCUT2D eigenvalue weighted by Gasteiger charge is -2.31. The summed E-state index contributed by atoms with van der Waals surface area (Å²) in [7, 11) is 0. The zero-order valence-electron chi connectivity index (χ0n) is 8.23. The van der Waals surface area contributed by atoms with Crippen molar-refractivity contribution in [2.75, 3.05) is 12.3 Å². The Bertz CT molecular complexity index is 345. The molecule has 0 radical (unpaired) electrons. The number of nitrogen functional groups attached to an aromatic ring is 1. The van der Waals surface area contributed by atoms with Gasteiger partial charge in [0.2, 0.25) is 0 Å². The number of nitrogens with two attached hydrogens (primary N) is 1. The number of aromatic nitrogens is 1. The highest BCUT2D eigenvalue weighted by atomic mass is 16.5. The molecule has 0 aromatic carbocycles. The SMILES string of the molecule is CC1(c2ccc(N)nc2)CC=CCO1. The Kier molecular flexibility index (Phi) is 2.25. The lowest BCUT2D eigenvalue weighted by molar-refractivity contribution is -0.0262.